The van der Waals surface area contributed by atoms with Gasteiger partial charge in [-0.3, -0.25) is 4.90 Å². The van der Waals surface area contributed by atoms with E-state index in [4.69, 9.17) is 58.0 Å². The second-order valence-corrected chi connectivity index (χ2v) is 7.76. The molecule has 0 spiro atoms. The largest absolute Gasteiger partial charge is 0.870 e. The van der Waals surface area contributed by atoms with E-state index in [1.807, 2.05) is 0 Å². The van der Waals surface area contributed by atoms with E-state index in [0.717, 1.165) is 0 Å². The molecule has 1 aromatic rings. The Morgan fingerprint density at radius 3 is 1.46 bits per heavy atom. The van der Waals surface area contributed by atoms with Gasteiger partial charge in [-0.25, -0.2) is 14.7 Å². The summed E-state index contributed by atoms with van der Waals surface area (Å²) in [6.45, 7) is 8.78. The van der Waals surface area contributed by atoms with Gasteiger partial charge in [0.25, 0.3) is 0 Å². The number of hydrogen-bond donors (Lipinski definition) is 1. The Balaban J connectivity index is 0.000000167. The summed E-state index contributed by atoms with van der Waals surface area (Å²) in [6.07, 6.45) is 0. The molecule has 0 saturated carbocycles. The summed E-state index contributed by atoms with van der Waals surface area (Å²) in [7, 11) is 0. The van der Waals surface area contributed by atoms with Crippen molar-refractivity contribution in [3.63, 3.8) is 0 Å². The molecule has 24 heavy (non-hydrogen) atoms. The summed E-state index contributed by atoms with van der Waals surface area (Å²) >= 11 is 27.7. The van der Waals surface area contributed by atoms with E-state index >= 15 is 0 Å². The van der Waals surface area contributed by atoms with Gasteiger partial charge in [-0.1, -0.05) is 63.8 Å². The first-order valence-corrected chi connectivity index (χ1v) is 8.95. The maximum atomic E-state index is 11.1. The molecule has 0 amide bonds. The van der Waals surface area contributed by atoms with E-state index in [9.17, 15) is 5.11 Å². The molecule has 4 aliphatic rings. The van der Waals surface area contributed by atoms with Crippen molar-refractivity contribution in [3.05, 3.63) is 25.1 Å². The lowest BCUT2D eigenvalue weighted by Crippen LogP contribution is -3.19. The van der Waals surface area contributed by atoms with Crippen LogP contribution in [0.15, 0.2) is 0 Å². The standard InChI is InChI=1S/C7H14N4.C6HCl5O.H2O/c1-2-9-5-10-3-8(1)4-11(6-9)7-10;7-1-2(8)4(10)6(12)5(11)3(1)9;/h1-7H2;12H;1H2. The number of fused-ring (bicyclic) bond motifs is 1. The van der Waals surface area contributed by atoms with Crippen LogP contribution in [0.3, 0.4) is 0 Å². The number of quaternary nitrogens is 1. The molecule has 4 bridgehead atoms. The predicted octanol–water partition coefficient (Wildman–Crippen LogP) is 0.808. The molecule has 2 atom stereocenters. The van der Waals surface area contributed by atoms with Crippen LogP contribution in [0.25, 0.3) is 0 Å². The number of hydrogen-bond acceptors (Lipinski definition) is 4. The Kier molecular flexibility index (Phi) is 7.12. The zero-order chi connectivity index (χ0) is 16.7. The Bertz CT molecular complexity index is 482. The lowest BCUT2D eigenvalue weighted by molar-refractivity contribution is -0.944. The van der Waals surface area contributed by atoms with Crippen molar-refractivity contribution < 1.29 is 15.5 Å². The van der Waals surface area contributed by atoms with Crippen LogP contribution < -0.4 is 10.0 Å². The maximum Gasteiger partial charge on any atom is 0.137 e. The molecule has 0 aliphatic carbocycles. The Morgan fingerprint density at radius 1 is 0.667 bits per heavy atom. The summed E-state index contributed by atoms with van der Waals surface area (Å²) in [5.41, 5.74) is 0. The average Bonchev–Trinajstić information content (AvgIpc) is 2.76. The quantitative estimate of drug-likeness (QED) is 0.481. The topological polar surface area (TPSA) is 68.7 Å². The lowest BCUT2D eigenvalue weighted by Gasteiger charge is -2.42. The highest BCUT2D eigenvalue weighted by Crippen LogP contribution is 2.46. The van der Waals surface area contributed by atoms with Gasteiger partial charge in [0.15, 0.2) is 0 Å². The Hall–Kier alpha value is 0.270. The summed E-state index contributed by atoms with van der Waals surface area (Å²) in [5.74, 6) is -0.613. The van der Waals surface area contributed by atoms with Crippen molar-refractivity contribution in [3.8, 4) is 5.75 Å². The molecule has 0 aromatic heterocycles. The molecule has 2 unspecified atom stereocenters. The third kappa shape index (κ3) is 4.15. The van der Waals surface area contributed by atoms with Gasteiger partial charge in [-0.2, -0.15) is 0 Å². The molecule has 136 valence electrons. The number of rotatable bonds is 0. The molecule has 11 heteroatoms. The summed E-state index contributed by atoms with van der Waals surface area (Å²) in [4.78, 5) is 9.38. The molecular formula is C13H17Cl5N4O2. The van der Waals surface area contributed by atoms with Gasteiger partial charge >= 0.3 is 0 Å². The van der Waals surface area contributed by atoms with E-state index in [2.05, 4.69) is 14.7 Å². The van der Waals surface area contributed by atoms with E-state index < -0.39 is 5.75 Å². The zero-order valence-corrected chi connectivity index (χ0v) is 16.4. The van der Waals surface area contributed by atoms with E-state index in [1.165, 1.54) is 46.4 Å². The van der Waals surface area contributed by atoms with Crippen LogP contribution in [0.4, 0.5) is 0 Å². The molecule has 5 rings (SSSR count). The Labute approximate surface area is 165 Å². The first-order valence-electron chi connectivity index (χ1n) is 7.06. The van der Waals surface area contributed by atoms with Crippen LogP contribution in [0.2, 0.25) is 25.1 Å². The van der Waals surface area contributed by atoms with Crippen LogP contribution in [0.5, 0.6) is 5.75 Å². The van der Waals surface area contributed by atoms with E-state index in [-0.39, 0.29) is 30.6 Å². The van der Waals surface area contributed by atoms with E-state index in [1.54, 1.807) is 4.90 Å². The molecule has 0 radical (unpaired) electrons. The second-order valence-electron chi connectivity index (χ2n) is 5.87. The molecule has 4 fully saturated rings. The fourth-order valence-corrected chi connectivity index (χ4v) is 4.20. The second kappa shape index (κ2) is 8.31. The van der Waals surface area contributed by atoms with Crippen LogP contribution in [-0.2, 0) is 0 Å². The molecule has 6 nitrogen and oxygen atoms in total. The van der Waals surface area contributed by atoms with E-state index in [0.29, 0.717) is 0 Å². The third-order valence-electron chi connectivity index (χ3n) is 4.04. The molecular weight excluding hydrogens is 421 g/mol. The first-order chi connectivity index (χ1) is 10.9. The van der Waals surface area contributed by atoms with Gasteiger partial charge in [0.2, 0.25) is 0 Å². The van der Waals surface area contributed by atoms with Crippen LogP contribution in [-0.4, -0.2) is 66.6 Å². The lowest BCUT2D eigenvalue weighted by atomic mass is 10.3. The van der Waals surface area contributed by atoms with Crippen molar-refractivity contribution in [2.24, 2.45) is 0 Å². The third-order valence-corrected chi connectivity index (χ3v) is 6.29. The fraction of sp³-hybridized carbons (Fsp3) is 0.538. The summed E-state index contributed by atoms with van der Waals surface area (Å²) in [5, 5.41) is 10.5. The summed E-state index contributed by atoms with van der Waals surface area (Å²) < 4.78 is 0. The van der Waals surface area contributed by atoms with Crippen molar-refractivity contribution in [2.45, 2.75) is 0 Å². The molecule has 4 saturated heterocycles. The number of nitrogens with zero attached hydrogens (tertiary/aromatic N) is 3. The molecule has 3 N–H and O–H groups in total. The van der Waals surface area contributed by atoms with Gasteiger partial charge in [0, 0.05) is 13.1 Å². The minimum absolute atomic E-state index is 0. The fourth-order valence-electron chi connectivity index (χ4n) is 3.08. The minimum Gasteiger partial charge on any atom is -0.870 e. The monoisotopic (exact) mass is 436 g/mol. The SMILES string of the molecule is C1CN2CN3CN1C[NH+](C2)C3.O.[O-]c1c(Cl)c(Cl)c(Cl)c(Cl)c1Cl. The molecule has 4 heterocycles. The highest BCUT2D eigenvalue weighted by atomic mass is 35.5. The van der Waals surface area contributed by atoms with Gasteiger partial charge in [0.05, 0.1) is 38.5 Å². The van der Waals surface area contributed by atoms with Crippen LogP contribution in [0, 0.1) is 0 Å². The highest BCUT2D eigenvalue weighted by molar-refractivity contribution is 6.55. The van der Waals surface area contributed by atoms with Crippen LogP contribution >= 0.6 is 58.0 Å². The highest BCUT2D eigenvalue weighted by Gasteiger charge is 2.36. The van der Waals surface area contributed by atoms with Crippen molar-refractivity contribution in [2.75, 3.05) is 46.4 Å². The Morgan fingerprint density at radius 2 is 1.04 bits per heavy atom. The summed E-state index contributed by atoms with van der Waals surface area (Å²) in [6, 6.07) is 0. The molecule has 4 aliphatic heterocycles. The molecule has 1 aromatic carbocycles. The normalized spacial score (nSPS) is 30.2. The maximum absolute atomic E-state index is 11.1. The minimum atomic E-state index is -0.613. The van der Waals surface area contributed by atoms with Gasteiger partial charge < -0.3 is 10.6 Å². The number of benzene rings is 1. The van der Waals surface area contributed by atoms with Crippen LogP contribution in [0.1, 0.15) is 0 Å². The van der Waals surface area contributed by atoms with Crippen molar-refractivity contribution in [1.82, 2.24) is 14.7 Å². The zero-order valence-electron chi connectivity index (χ0n) is 12.6. The number of nitrogens with one attached hydrogen (secondary N) is 1. The van der Waals surface area contributed by atoms with Gasteiger partial charge in [0.1, 0.15) is 20.0 Å². The van der Waals surface area contributed by atoms with Crippen molar-refractivity contribution >= 4 is 58.0 Å². The average molecular weight is 439 g/mol. The smallest absolute Gasteiger partial charge is 0.137 e. The first kappa shape index (κ1) is 20.6. The predicted molar refractivity (Wildman–Crippen MR) is 95.1 cm³/mol. The van der Waals surface area contributed by atoms with Gasteiger partial charge in [-0.15, -0.1) is 0 Å². The van der Waals surface area contributed by atoms with Gasteiger partial charge in [-0.05, 0) is 0 Å². The van der Waals surface area contributed by atoms with Crippen molar-refractivity contribution in [1.29, 1.82) is 0 Å². The number of halogens is 5.